The van der Waals surface area contributed by atoms with Crippen LogP contribution in [0.25, 0.3) is 0 Å². The standard InChI is InChI=1S/C37H66NO7P/c1-27(2)12-11-13-28(3)32-16-17-33-31-15-14-29-26-30(18-20-36(29,4)34(31)19-21-37(32,33)5)45-35(39)42-23-9-10-24-43-46(40,41)44-25-22-38(6,7)8/h14,27-28,30-34H,9-13,15-26H2,1-8H3/p+1/t28-,30?,31+,32-,33+,34+,36+,37-/m1/s1. The second-order valence-corrected chi connectivity index (χ2v) is 18.7. The van der Waals surface area contributed by atoms with Crippen molar-refractivity contribution >= 4 is 14.0 Å². The number of carbonyl (C=O) groups excluding carboxylic acids is 1. The maximum Gasteiger partial charge on any atom is 0.508 e. The Kier molecular flexibility index (Phi) is 13.0. The second-order valence-electron chi connectivity index (χ2n) is 17.2. The zero-order valence-electron chi connectivity index (χ0n) is 30.4. The summed E-state index contributed by atoms with van der Waals surface area (Å²) in [7, 11) is 1.88. The highest BCUT2D eigenvalue weighted by Gasteiger charge is 2.59. The van der Waals surface area contributed by atoms with Gasteiger partial charge in [-0.2, -0.15) is 0 Å². The van der Waals surface area contributed by atoms with Gasteiger partial charge < -0.3 is 18.9 Å². The average molecular weight is 669 g/mol. The van der Waals surface area contributed by atoms with Gasteiger partial charge >= 0.3 is 14.0 Å². The highest BCUT2D eigenvalue weighted by Crippen LogP contribution is 2.67. The van der Waals surface area contributed by atoms with Crippen LogP contribution in [0.1, 0.15) is 118 Å². The fourth-order valence-corrected chi connectivity index (χ4v) is 10.7. The number of allylic oxidation sites excluding steroid dienone is 1. The van der Waals surface area contributed by atoms with Crippen molar-refractivity contribution in [2.75, 3.05) is 47.5 Å². The predicted molar refractivity (Wildman–Crippen MR) is 183 cm³/mol. The molecule has 0 aromatic rings. The summed E-state index contributed by atoms with van der Waals surface area (Å²) in [5.41, 5.74) is 2.22. The number of likely N-dealkylation sites (N-methyl/N-ethyl adjacent to an activating group) is 1. The van der Waals surface area contributed by atoms with Gasteiger partial charge in [-0.15, -0.1) is 0 Å². The summed E-state index contributed by atoms with van der Waals surface area (Å²) in [5.74, 6) is 4.89. The van der Waals surface area contributed by atoms with Crippen LogP contribution >= 0.6 is 7.82 Å². The van der Waals surface area contributed by atoms with Crippen LogP contribution in [0, 0.1) is 46.3 Å². The van der Waals surface area contributed by atoms with Crippen molar-refractivity contribution in [3.05, 3.63) is 11.6 Å². The van der Waals surface area contributed by atoms with Crippen molar-refractivity contribution in [1.29, 1.82) is 0 Å². The van der Waals surface area contributed by atoms with Crippen LogP contribution in [0.3, 0.4) is 0 Å². The molecule has 0 radical (unpaired) electrons. The molecule has 266 valence electrons. The Morgan fingerprint density at radius 3 is 2.39 bits per heavy atom. The minimum Gasteiger partial charge on any atom is -0.434 e. The lowest BCUT2D eigenvalue weighted by molar-refractivity contribution is -0.870. The number of hydrogen-bond acceptors (Lipinski definition) is 6. The molecule has 4 aliphatic rings. The van der Waals surface area contributed by atoms with Gasteiger partial charge in [0.15, 0.2) is 0 Å². The molecule has 1 N–H and O–H groups in total. The second kappa shape index (κ2) is 15.7. The summed E-state index contributed by atoms with van der Waals surface area (Å²) in [4.78, 5) is 22.3. The quantitative estimate of drug-likeness (QED) is 0.0577. The first-order valence-corrected chi connectivity index (χ1v) is 20.0. The minimum absolute atomic E-state index is 0.0616. The van der Waals surface area contributed by atoms with Gasteiger partial charge in [0.2, 0.25) is 0 Å². The molecule has 8 nitrogen and oxygen atoms in total. The van der Waals surface area contributed by atoms with E-state index in [4.69, 9.17) is 18.5 Å². The maximum atomic E-state index is 12.5. The zero-order chi connectivity index (χ0) is 33.8. The van der Waals surface area contributed by atoms with E-state index in [0.29, 0.717) is 29.3 Å². The van der Waals surface area contributed by atoms with E-state index < -0.39 is 14.0 Å². The third kappa shape index (κ3) is 9.61. The van der Waals surface area contributed by atoms with Crippen molar-refractivity contribution in [3.8, 4) is 0 Å². The first-order chi connectivity index (χ1) is 21.5. The van der Waals surface area contributed by atoms with Crippen LogP contribution in [-0.2, 0) is 23.1 Å². The molecular formula is C37H67NO7P+. The fourth-order valence-electron chi connectivity index (χ4n) is 9.93. The predicted octanol–water partition coefficient (Wildman–Crippen LogP) is 9.17. The lowest BCUT2D eigenvalue weighted by Gasteiger charge is -2.58. The number of unbranched alkanes of at least 4 members (excludes halogenated alkanes) is 1. The number of rotatable bonds is 16. The highest BCUT2D eigenvalue weighted by atomic mass is 31.2. The number of phosphoric ester groups is 1. The number of hydrogen-bond donors (Lipinski definition) is 1. The summed E-state index contributed by atoms with van der Waals surface area (Å²) in [5, 5.41) is 0. The van der Waals surface area contributed by atoms with E-state index in [2.05, 4.69) is 40.7 Å². The van der Waals surface area contributed by atoms with Crippen LogP contribution in [-0.4, -0.2) is 69.1 Å². The monoisotopic (exact) mass is 668 g/mol. The van der Waals surface area contributed by atoms with Gasteiger partial charge in [-0.25, -0.2) is 9.36 Å². The van der Waals surface area contributed by atoms with Crippen LogP contribution in [0.15, 0.2) is 11.6 Å². The Morgan fingerprint density at radius 2 is 1.67 bits per heavy atom. The van der Waals surface area contributed by atoms with Gasteiger partial charge in [0.25, 0.3) is 0 Å². The van der Waals surface area contributed by atoms with Crippen molar-refractivity contribution < 1.29 is 37.3 Å². The summed E-state index contributed by atoms with van der Waals surface area (Å²) in [6.07, 6.45) is 16.4. The molecule has 0 amide bonds. The maximum absolute atomic E-state index is 12.5. The van der Waals surface area contributed by atoms with Crippen molar-refractivity contribution in [3.63, 3.8) is 0 Å². The Hall–Kier alpha value is -0.920. The Labute approximate surface area is 280 Å². The van der Waals surface area contributed by atoms with Gasteiger partial charge in [0.05, 0.1) is 34.4 Å². The van der Waals surface area contributed by atoms with E-state index in [-0.39, 0.29) is 31.3 Å². The summed E-state index contributed by atoms with van der Waals surface area (Å²) < 4.78 is 33.8. The molecule has 4 rings (SSSR count). The molecular weight excluding hydrogens is 601 g/mol. The largest absolute Gasteiger partial charge is 0.508 e. The van der Waals surface area contributed by atoms with Crippen LogP contribution in [0.2, 0.25) is 0 Å². The number of fused-ring (bicyclic) bond motifs is 5. The number of carbonyl (C=O) groups is 1. The normalized spacial score (nSPS) is 34.6. The molecule has 0 bridgehead atoms. The van der Waals surface area contributed by atoms with Gasteiger partial charge in [0, 0.05) is 6.42 Å². The smallest absolute Gasteiger partial charge is 0.434 e. The molecule has 46 heavy (non-hydrogen) atoms. The van der Waals surface area contributed by atoms with Crippen molar-refractivity contribution in [1.82, 2.24) is 0 Å². The highest BCUT2D eigenvalue weighted by molar-refractivity contribution is 7.47. The summed E-state index contributed by atoms with van der Waals surface area (Å²) in [6.45, 7) is 13.4. The van der Waals surface area contributed by atoms with Crippen LogP contribution < -0.4 is 0 Å². The molecule has 3 saturated carbocycles. The van der Waals surface area contributed by atoms with Gasteiger partial charge in [-0.05, 0) is 104 Å². The van der Waals surface area contributed by atoms with E-state index >= 15 is 0 Å². The topological polar surface area (TPSA) is 91.3 Å². The third-order valence-electron chi connectivity index (χ3n) is 12.6. The Balaban J connectivity index is 1.19. The molecule has 0 aliphatic heterocycles. The molecule has 9 atom stereocenters. The van der Waals surface area contributed by atoms with E-state index in [1.165, 1.54) is 56.9 Å². The molecule has 0 heterocycles. The molecule has 3 fully saturated rings. The van der Waals surface area contributed by atoms with Crippen LogP contribution in [0.5, 0.6) is 0 Å². The molecule has 0 spiro atoms. The molecule has 0 aromatic heterocycles. The third-order valence-corrected chi connectivity index (χ3v) is 13.6. The van der Waals surface area contributed by atoms with E-state index in [1.807, 2.05) is 21.1 Å². The molecule has 2 unspecified atom stereocenters. The lowest BCUT2D eigenvalue weighted by Crippen LogP contribution is -2.51. The molecule has 9 heteroatoms. The fraction of sp³-hybridized carbons (Fsp3) is 0.919. The molecule has 0 saturated heterocycles. The first kappa shape index (κ1) is 37.9. The minimum atomic E-state index is -4.07. The summed E-state index contributed by atoms with van der Waals surface area (Å²) in [6, 6.07) is 0. The number of phosphoric acid groups is 1. The molecule has 4 aliphatic carbocycles. The zero-order valence-corrected chi connectivity index (χ0v) is 31.3. The van der Waals surface area contributed by atoms with Gasteiger partial charge in [-0.1, -0.05) is 65.5 Å². The van der Waals surface area contributed by atoms with Crippen LogP contribution in [0.4, 0.5) is 4.79 Å². The van der Waals surface area contributed by atoms with Crippen molar-refractivity contribution in [2.45, 2.75) is 124 Å². The lowest BCUT2D eigenvalue weighted by atomic mass is 9.47. The Morgan fingerprint density at radius 1 is 0.957 bits per heavy atom. The van der Waals surface area contributed by atoms with E-state index in [9.17, 15) is 14.3 Å². The number of ether oxygens (including phenoxy) is 2. The van der Waals surface area contributed by atoms with Crippen molar-refractivity contribution in [2.24, 2.45) is 46.3 Å². The Bertz CT molecular complexity index is 1090. The average Bonchev–Trinajstić information content (AvgIpc) is 3.31. The SMILES string of the molecule is CC(C)CCC[C@@H](C)[C@H]1CC[C@H]2[C@@H]3CC=C4CC(OC(=O)OCCCCOP(=O)(O)OCC[N+](C)(C)C)CC[C@]4(C)[C@H]3CC[C@]12C. The van der Waals surface area contributed by atoms with Gasteiger partial charge in [0.1, 0.15) is 19.3 Å². The van der Waals surface area contributed by atoms with Gasteiger partial charge in [-0.3, -0.25) is 9.05 Å². The first-order valence-electron chi connectivity index (χ1n) is 18.5. The van der Waals surface area contributed by atoms with E-state index in [1.54, 1.807) is 0 Å². The number of nitrogens with zero attached hydrogens (tertiary/aromatic N) is 1. The number of quaternary nitrogens is 1. The summed E-state index contributed by atoms with van der Waals surface area (Å²) >= 11 is 0. The van der Waals surface area contributed by atoms with E-state index in [0.717, 1.165) is 54.8 Å². The molecule has 0 aromatic carbocycles.